The molecule has 0 atom stereocenters. The van der Waals surface area contributed by atoms with Crippen molar-refractivity contribution in [3.8, 4) is 17.1 Å². The van der Waals surface area contributed by atoms with E-state index in [1.165, 1.54) is 5.56 Å². The molecule has 2 nitrogen and oxygen atoms in total. The second kappa shape index (κ2) is 6.02. The number of fused-ring (bicyclic) bond motifs is 1. The zero-order valence-electron chi connectivity index (χ0n) is 13.3. The number of para-hydroxylation sites is 2. The largest absolute Gasteiger partial charge is 0.284 e. The van der Waals surface area contributed by atoms with E-state index in [9.17, 15) is 0 Å². The Balaban J connectivity index is 2.11. The highest BCUT2D eigenvalue weighted by molar-refractivity contribution is 7.71. The Morgan fingerprint density at radius 2 is 1.46 bits per heavy atom. The SMILES string of the molecule is Cc1ccc(-c2nc3ccccc3c(=S)n2-c2ccccc2)cc1. The van der Waals surface area contributed by atoms with Gasteiger partial charge in [0.25, 0.3) is 0 Å². The first-order chi connectivity index (χ1) is 11.7. The van der Waals surface area contributed by atoms with E-state index in [1.54, 1.807) is 0 Å². The van der Waals surface area contributed by atoms with Crippen LogP contribution in [0, 0.1) is 11.6 Å². The van der Waals surface area contributed by atoms with Crippen LogP contribution in [0.25, 0.3) is 28.0 Å². The van der Waals surface area contributed by atoms with Crippen LogP contribution in [0.1, 0.15) is 5.56 Å². The van der Waals surface area contributed by atoms with E-state index in [-0.39, 0.29) is 0 Å². The second-order valence-corrected chi connectivity index (χ2v) is 6.18. The molecule has 0 spiro atoms. The number of hydrogen-bond acceptors (Lipinski definition) is 2. The lowest BCUT2D eigenvalue weighted by molar-refractivity contribution is 1.00. The summed E-state index contributed by atoms with van der Waals surface area (Å²) in [6, 6.07) is 26.6. The summed E-state index contributed by atoms with van der Waals surface area (Å²) >= 11 is 5.81. The summed E-state index contributed by atoms with van der Waals surface area (Å²) in [5.74, 6) is 0.866. The van der Waals surface area contributed by atoms with Crippen molar-refractivity contribution in [2.75, 3.05) is 0 Å². The lowest BCUT2D eigenvalue weighted by Gasteiger charge is -2.15. The topological polar surface area (TPSA) is 17.8 Å². The maximum atomic E-state index is 5.81. The summed E-state index contributed by atoms with van der Waals surface area (Å²) in [4.78, 5) is 4.91. The van der Waals surface area contributed by atoms with E-state index in [4.69, 9.17) is 17.2 Å². The van der Waals surface area contributed by atoms with Gasteiger partial charge in [-0.1, -0.05) is 72.4 Å². The van der Waals surface area contributed by atoms with Crippen LogP contribution in [0.5, 0.6) is 0 Å². The number of rotatable bonds is 2. The molecule has 0 saturated carbocycles. The minimum Gasteiger partial charge on any atom is -0.284 e. The van der Waals surface area contributed by atoms with Crippen molar-refractivity contribution in [2.45, 2.75) is 6.92 Å². The maximum Gasteiger partial charge on any atom is 0.146 e. The molecule has 0 bridgehead atoms. The highest BCUT2D eigenvalue weighted by atomic mass is 32.1. The van der Waals surface area contributed by atoms with Gasteiger partial charge in [0.1, 0.15) is 10.5 Å². The van der Waals surface area contributed by atoms with Gasteiger partial charge in [0, 0.05) is 16.6 Å². The molecule has 0 aliphatic heterocycles. The average Bonchev–Trinajstić information content (AvgIpc) is 2.63. The molecule has 1 heterocycles. The zero-order valence-corrected chi connectivity index (χ0v) is 14.1. The van der Waals surface area contributed by atoms with Gasteiger partial charge < -0.3 is 0 Å². The van der Waals surface area contributed by atoms with Crippen LogP contribution in [0.3, 0.4) is 0 Å². The molecular weight excluding hydrogens is 312 g/mol. The number of hydrogen-bond donors (Lipinski definition) is 0. The summed E-state index contributed by atoms with van der Waals surface area (Å²) < 4.78 is 2.84. The van der Waals surface area contributed by atoms with Crippen molar-refractivity contribution in [2.24, 2.45) is 0 Å². The van der Waals surface area contributed by atoms with Crippen LogP contribution in [-0.2, 0) is 0 Å². The fourth-order valence-corrected chi connectivity index (χ4v) is 3.21. The molecule has 116 valence electrons. The van der Waals surface area contributed by atoms with Crippen LogP contribution in [0.2, 0.25) is 0 Å². The van der Waals surface area contributed by atoms with Crippen molar-refractivity contribution >= 4 is 23.1 Å². The Kier molecular flexibility index (Phi) is 3.71. The highest BCUT2D eigenvalue weighted by Gasteiger charge is 2.12. The van der Waals surface area contributed by atoms with Crippen molar-refractivity contribution in [1.82, 2.24) is 9.55 Å². The summed E-state index contributed by atoms with van der Waals surface area (Å²) in [5, 5.41) is 0.993. The van der Waals surface area contributed by atoms with Crippen LogP contribution in [-0.4, -0.2) is 9.55 Å². The Morgan fingerprint density at radius 1 is 0.792 bits per heavy atom. The molecule has 0 aliphatic rings. The summed E-state index contributed by atoms with van der Waals surface area (Å²) in [6.45, 7) is 2.08. The average molecular weight is 328 g/mol. The van der Waals surface area contributed by atoms with E-state index in [0.717, 1.165) is 32.6 Å². The molecule has 24 heavy (non-hydrogen) atoms. The van der Waals surface area contributed by atoms with Crippen LogP contribution >= 0.6 is 12.2 Å². The summed E-state index contributed by atoms with van der Waals surface area (Å²) in [5.41, 5.74) is 4.23. The lowest BCUT2D eigenvalue weighted by atomic mass is 10.1. The first kappa shape index (κ1) is 14.8. The van der Waals surface area contributed by atoms with Gasteiger partial charge in [-0.3, -0.25) is 4.57 Å². The molecule has 3 aromatic carbocycles. The number of benzene rings is 3. The van der Waals surface area contributed by atoms with E-state index in [2.05, 4.69) is 47.9 Å². The van der Waals surface area contributed by atoms with Gasteiger partial charge in [0.2, 0.25) is 0 Å². The van der Waals surface area contributed by atoms with E-state index in [1.807, 2.05) is 42.5 Å². The molecule has 0 N–H and O–H groups in total. The monoisotopic (exact) mass is 328 g/mol. The zero-order chi connectivity index (χ0) is 16.5. The molecule has 0 unspecified atom stereocenters. The van der Waals surface area contributed by atoms with Gasteiger partial charge >= 0.3 is 0 Å². The van der Waals surface area contributed by atoms with Gasteiger partial charge in [-0.05, 0) is 31.2 Å². The van der Waals surface area contributed by atoms with Crippen molar-refractivity contribution < 1.29 is 0 Å². The quantitative estimate of drug-likeness (QED) is 0.437. The van der Waals surface area contributed by atoms with Gasteiger partial charge in [0.15, 0.2) is 0 Å². The fourth-order valence-electron chi connectivity index (χ4n) is 2.85. The summed E-state index contributed by atoms with van der Waals surface area (Å²) in [7, 11) is 0. The first-order valence-electron chi connectivity index (χ1n) is 7.88. The molecule has 0 amide bonds. The Morgan fingerprint density at radius 3 is 2.21 bits per heavy atom. The molecule has 4 aromatic rings. The van der Waals surface area contributed by atoms with Gasteiger partial charge in [-0.2, -0.15) is 0 Å². The van der Waals surface area contributed by atoms with Gasteiger partial charge in [-0.25, -0.2) is 4.98 Å². The van der Waals surface area contributed by atoms with Crippen molar-refractivity contribution in [3.05, 3.63) is 89.1 Å². The van der Waals surface area contributed by atoms with E-state index >= 15 is 0 Å². The second-order valence-electron chi connectivity index (χ2n) is 5.79. The molecule has 3 heteroatoms. The molecule has 4 rings (SSSR count). The molecule has 1 aromatic heterocycles. The number of nitrogens with zero attached hydrogens (tertiary/aromatic N) is 2. The molecular formula is C21H16N2S. The number of aromatic nitrogens is 2. The highest BCUT2D eigenvalue weighted by Crippen LogP contribution is 2.26. The normalized spacial score (nSPS) is 10.9. The fraction of sp³-hybridized carbons (Fsp3) is 0.0476. The van der Waals surface area contributed by atoms with Crippen LogP contribution < -0.4 is 0 Å². The van der Waals surface area contributed by atoms with Crippen LogP contribution in [0.4, 0.5) is 0 Å². The third-order valence-electron chi connectivity index (χ3n) is 4.10. The Bertz CT molecular complexity index is 1060. The van der Waals surface area contributed by atoms with Gasteiger partial charge in [-0.15, -0.1) is 0 Å². The third kappa shape index (κ3) is 2.53. The van der Waals surface area contributed by atoms with E-state index < -0.39 is 0 Å². The predicted molar refractivity (Wildman–Crippen MR) is 102 cm³/mol. The van der Waals surface area contributed by atoms with E-state index in [0.29, 0.717) is 0 Å². The standard InChI is InChI=1S/C21H16N2S/c1-15-11-13-16(14-12-15)20-22-19-10-6-5-9-18(19)21(24)23(20)17-7-3-2-4-8-17/h2-14H,1H3. The third-order valence-corrected chi connectivity index (χ3v) is 4.50. The van der Waals surface area contributed by atoms with Crippen LogP contribution in [0.15, 0.2) is 78.9 Å². The molecule has 0 fully saturated rings. The first-order valence-corrected chi connectivity index (χ1v) is 8.29. The minimum absolute atomic E-state index is 0.780. The Hall–Kier alpha value is -2.78. The minimum atomic E-state index is 0.780. The van der Waals surface area contributed by atoms with Crippen molar-refractivity contribution in [1.29, 1.82) is 0 Å². The smallest absolute Gasteiger partial charge is 0.146 e. The van der Waals surface area contributed by atoms with Crippen molar-refractivity contribution in [3.63, 3.8) is 0 Å². The predicted octanol–water partition coefficient (Wildman–Crippen LogP) is 5.73. The molecule has 0 aliphatic carbocycles. The van der Waals surface area contributed by atoms with Gasteiger partial charge in [0.05, 0.1) is 5.52 Å². The number of aryl methyl sites for hydroxylation is 1. The lowest BCUT2D eigenvalue weighted by Crippen LogP contribution is -2.05. The molecule has 0 radical (unpaired) electrons. The maximum absolute atomic E-state index is 5.81. The summed E-state index contributed by atoms with van der Waals surface area (Å²) in [6.07, 6.45) is 0. The molecule has 0 saturated heterocycles. The Labute approximate surface area is 146 Å².